The lowest BCUT2D eigenvalue weighted by Crippen LogP contribution is -2.53. The summed E-state index contributed by atoms with van der Waals surface area (Å²) in [6.45, 7) is 5.73. The highest BCUT2D eigenvalue weighted by molar-refractivity contribution is 7.99. The van der Waals surface area contributed by atoms with Crippen molar-refractivity contribution in [2.45, 2.75) is 58.0 Å². The van der Waals surface area contributed by atoms with E-state index in [4.69, 9.17) is 5.11 Å². The Hall–Kier alpha value is -0.220. The number of hydrogen-bond acceptors (Lipinski definition) is 3. The second-order valence-corrected chi connectivity index (χ2v) is 7.47. The van der Waals surface area contributed by atoms with Gasteiger partial charge in [0, 0.05) is 30.1 Å². The maximum absolute atomic E-state index is 11.1. The number of aliphatic carboxylic acids is 1. The van der Waals surface area contributed by atoms with Gasteiger partial charge in [-0.2, -0.15) is 11.8 Å². The molecule has 0 spiro atoms. The van der Waals surface area contributed by atoms with Crippen LogP contribution in [0.2, 0.25) is 0 Å². The van der Waals surface area contributed by atoms with Crippen LogP contribution in [0.3, 0.4) is 0 Å². The Balaban J connectivity index is 2.08. The molecule has 1 N–H and O–H groups in total. The van der Waals surface area contributed by atoms with Gasteiger partial charge in [-0.1, -0.05) is 26.7 Å². The summed E-state index contributed by atoms with van der Waals surface area (Å²) < 4.78 is 0. The fraction of sp³-hybridized carbons (Fsp3) is 0.933. The highest BCUT2D eigenvalue weighted by atomic mass is 32.2. The van der Waals surface area contributed by atoms with Gasteiger partial charge in [0.1, 0.15) is 0 Å². The van der Waals surface area contributed by atoms with E-state index in [9.17, 15) is 4.79 Å². The van der Waals surface area contributed by atoms with Gasteiger partial charge in [-0.3, -0.25) is 9.69 Å². The number of hydrogen-bond donors (Lipinski definition) is 1. The summed E-state index contributed by atoms with van der Waals surface area (Å²) in [5, 5.41) is 9.12. The predicted octanol–water partition coefficient (Wildman–Crippen LogP) is 3.09. The second kappa shape index (κ2) is 6.98. The topological polar surface area (TPSA) is 40.5 Å². The molecule has 1 saturated carbocycles. The zero-order valence-corrected chi connectivity index (χ0v) is 13.0. The number of carboxylic acid groups (broad SMARTS) is 1. The average Bonchev–Trinajstić information content (AvgIpc) is 2.38. The fourth-order valence-corrected chi connectivity index (χ4v) is 4.90. The molecule has 1 aliphatic carbocycles. The SMILES string of the molecule is CC(C)C1CCCCC1N1CCSCC1CC(=O)O. The molecule has 4 heteroatoms. The third-order valence-electron chi connectivity index (χ3n) is 4.75. The first-order valence-corrected chi connectivity index (χ1v) is 8.80. The fourth-order valence-electron chi connectivity index (χ4n) is 3.81. The number of nitrogens with zero attached hydrogens (tertiary/aromatic N) is 1. The number of rotatable bonds is 4. The van der Waals surface area contributed by atoms with E-state index in [-0.39, 0.29) is 6.04 Å². The van der Waals surface area contributed by atoms with Crippen molar-refractivity contribution < 1.29 is 9.90 Å². The molecule has 3 nitrogen and oxygen atoms in total. The molecule has 1 aliphatic heterocycles. The molecule has 0 aromatic rings. The van der Waals surface area contributed by atoms with Crippen molar-refractivity contribution in [3.05, 3.63) is 0 Å². The van der Waals surface area contributed by atoms with Gasteiger partial charge >= 0.3 is 5.97 Å². The van der Waals surface area contributed by atoms with Crippen molar-refractivity contribution in [3.63, 3.8) is 0 Å². The van der Waals surface area contributed by atoms with Crippen molar-refractivity contribution >= 4 is 17.7 Å². The summed E-state index contributed by atoms with van der Waals surface area (Å²) in [4.78, 5) is 13.6. The van der Waals surface area contributed by atoms with Crippen LogP contribution in [-0.2, 0) is 4.79 Å². The van der Waals surface area contributed by atoms with Crippen molar-refractivity contribution in [3.8, 4) is 0 Å². The van der Waals surface area contributed by atoms with Crippen LogP contribution in [0.15, 0.2) is 0 Å². The summed E-state index contributed by atoms with van der Waals surface area (Å²) in [6, 6.07) is 0.875. The molecule has 2 rings (SSSR count). The molecule has 110 valence electrons. The molecule has 0 radical (unpaired) electrons. The van der Waals surface area contributed by atoms with Gasteiger partial charge in [0.15, 0.2) is 0 Å². The number of carboxylic acids is 1. The molecule has 19 heavy (non-hydrogen) atoms. The Labute approximate surface area is 121 Å². The van der Waals surface area contributed by atoms with Crippen LogP contribution in [0.25, 0.3) is 0 Å². The van der Waals surface area contributed by atoms with Crippen molar-refractivity contribution in [1.29, 1.82) is 0 Å². The Morgan fingerprint density at radius 3 is 2.79 bits per heavy atom. The van der Waals surface area contributed by atoms with Crippen molar-refractivity contribution in [2.24, 2.45) is 11.8 Å². The first-order valence-electron chi connectivity index (χ1n) is 7.65. The minimum absolute atomic E-state index is 0.251. The summed E-state index contributed by atoms with van der Waals surface area (Å²) in [7, 11) is 0. The maximum Gasteiger partial charge on any atom is 0.304 e. The van der Waals surface area contributed by atoms with Crippen LogP contribution in [-0.4, -0.2) is 46.1 Å². The van der Waals surface area contributed by atoms with Crippen LogP contribution in [0.5, 0.6) is 0 Å². The Bertz CT molecular complexity index is 309. The lowest BCUT2D eigenvalue weighted by molar-refractivity contribution is -0.138. The molecular formula is C15H27NO2S. The van der Waals surface area contributed by atoms with Gasteiger partial charge in [0.2, 0.25) is 0 Å². The standard InChI is InChI=1S/C15H27NO2S/c1-11(2)13-5-3-4-6-14(13)16-7-8-19-10-12(16)9-15(17)18/h11-14H,3-10H2,1-2H3,(H,17,18). The van der Waals surface area contributed by atoms with Crippen LogP contribution in [0.4, 0.5) is 0 Å². The van der Waals surface area contributed by atoms with Gasteiger partial charge in [-0.05, 0) is 24.7 Å². The minimum Gasteiger partial charge on any atom is -0.481 e. The number of carbonyl (C=O) groups is 1. The summed E-state index contributed by atoms with van der Waals surface area (Å²) in [5.74, 6) is 2.98. The molecule has 3 atom stereocenters. The van der Waals surface area contributed by atoms with Crippen LogP contribution in [0.1, 0.15) is 46.0 Å². The normalized spacial score (nSPS) is 33.5. The molecule has 1 saturated heterocycles. The predicted molar refractivity (Wildman–Crippen MR) is 80.7 cm³/mol. The zero-order chi connectivity index (χ0) is 13.8. The first kappa shape index (κ1) is 15.2. The molecule has 2 aliphatic rings. The molecule has 0 aromatic carbocycles. The van der Waals surface area contributed by atoms with E-state index in [1.165, 1.54) is 25.7 Å². The van der Waals surface area contributed by atoms with Gasteiger partial charge in [-0.15, -0.1) is 0 Å². The smallest absolute Gasteiger partial charge is 0.304 e. The van der Waals surface area contributed by atoms with Crippen LogP contribution >= 0.6 is 11.8 Å². The molecule has 1 heterocycles. The van der Waals surface area contributed by atoms with E-state index in [1.807, 2.05) is 11.8 Å². The lowest BCUT2D eigenvalue weighted by atomic mass is 9.76. The largest absolute Gasteiger partial charge is 0.481 e. The van der Waals surface area contributed by atoms with E-state index in [0.717, 1.165) is 24.0 Å². The van der Waals surface area contributed by atoms with Gasteiger partial charge < -0.3 is 5.11 Å². The van der Waals surface area contributed by atoms with E-state index in [1.54, 1.807) is 0 Å². The Morgan fingerprint density at radius 2 is 2.11 bits per heavy atom. The van der Waals surface area contributed by atoms with Crippen molar-refractivity contribution in [2.75, 3.05) is 18.1 Å². The van der Waals surface area contributed by atoms with Gasteiger partial charge in [0.05, 0.1) is 6.42 Å². The second-order valence-electron chi connectivity index (χ2n) is 6.32. The summed E-state index contributed by atoms with van der Waals surface area (Å²) >= 11 is 1.92. The minimum atomic E-state index is -0.644. The molecule has 0 aromatic heterocycles. The third kappa shape index (κ3) is 3.88. The van der Waals surface area contributed by atoms with E-state index >= 15 is 0 Å². The van der Waals surface area contributed by atoms with Gasteiger partial charge in [-0.25, -0.2) is 0 Å². The van der Waals surface area contributed by atoms with Crippen molar-refractivity contribution in [1.82, 2.24) is 4.90 Å². The number of thioether (sulfide) groups is 1. The Morgan fingerprint density at radius 1 is 1.37 bits per heavy atom. The molecular weight excluding hydrogens is 258 g/mol. The summed E-state index contributed by atoms with van der Waals surface area (Å²) in [5.41, 5.74) is 0. The third-order valence-corrected chi connectivity index (χ3v) is 5.84. The van der Waals surface area contributed by atoms with Crippen LogP contribution < -0.4 is 0 Å². The zero-order valence-electron chi connectivity index (χ0n) is 12.2. The molecule has 0 bridgehead atoms. The van der Waals surface area contributed by atoms with Gasteiger partial charge in [0.25, 0.3) is 0 Å². The van der Waals surface area contributed by atoms with E-state index in [0.29, 0.717) is 18.4 Å². The van der Waals surface area contributed by atoms with E-state index < -0.39 is 5.97 Å². The molecule has 2 fully saturated rings. The quantitative estimate of drug-likeness (QED) is 0.861. The highest BCUT2D eigenvalue weighted by Gasteiger charge is 2.37. The highest BCUT2D eigenvalue weighted by Crippen LogP contribution is 2.36. The Kier molecular flexibility index (Phi) is 5.58. The summed E-state index contributed by atoms with van der Waals surface area (Å²) in [6.07, 6.45) is 5.58. The molecule has 3 unspecified atom stereocenters. The molecule has 0 amide bonds. The van der Waals surface area contributed by atoms with Crippen LogP contribution in [0, 0.1) is 11.8 Å². The average molecular weight is 285 g/mol. The maximum atomic E-state index is 11.1. The monoisotopic (exact) mass is 285 g/mol. The first-order chi connectivity index (χ1) is 9.09. The van der Waals surface area contributed by atoms with E-state index in [2.05, 4.69) is 18.7 Å². The lowest BCUT2D eigenvalue weighted by Gasteiger charge is -2.47.